The number of hydrogen-bond acceptors (Lipinski definition) is 2. The van der Waals surface area contributed by atoms with E-state index in [9.17, 15) is 4.57 Å². The lowest BCUT2D eigenvalue weighted by molar-refractivity contribution is 0.254. The maximum Gasteiger partial charge on any atom is 0.261 e. The van der Waals surface area contributed by atoms with Crippen LogP contribution in [-0.4, -0.2) is 6.10 Å². The van der Waals surface area contributed by atoms with E-state index in [1.807, 2.05) is 76.2 Å². The Morgan fingerprint density at radius 1 is 0.900 bits per heavy atom. The molecular formula is C17H21O2P. The summed E-state index contributed by atoms with van der Waals surface area (Å²) in [5.74, 6) is 0. The van der Waals surface area contributed by atoms with Crippen LogP contribution in [0.25, 0.3) is 0 Å². The van der Waals surface area contributed by atoms with E-state index in [1.165, 1.54) is 0 Å². The van der Waals surface area contributed by atoms with Crippen LogP contribution in [0.4, 0.5) is 0 Å². The van der Waals surface area contributed by atoms with Crippen molar-refractivity contribution in [2.45, 2.75) is 33.8 Å². The Bertz CT molecular complexity index is 597. The molecule has 0 aromatic heterocycles. The predicted octanol–water partition coefficient (Wildman–Crippen LogP) is 3.96. The smallest absolute Gasteiger partial charge is 0.261 e. The molecule has 0 amide bonds. The first-order chi connectivity index (χ1) is 9.41. The van der Waals surface area contributed by atoms with Crippen LogP contribution >= 0.6 is 7.37 Å². The molecule has 20 heavy (non-hydrogen) atoms. The maximum atomic E-state index is 13.5. The van der Waals surface area contributed by atoms with Gasteiger partial charge in [0.15, 0.2) is 0 Å². The van der Waals surface area contributed by atoms with Crippen molar-refractivity contribution < 1.29 is 9.09 Å². The summed E-state index contributed by atoms with van der Waals surface area (Å²) in [5.41, 5.74) is 2.17. The van der Waals surface area contributed by atoms with Crippen molar-refractivity contribution in [3.8, 4) is 0 Å². The van der Waals surface area contributed by atoms with Crippen molar-refractivity contribution in [1.82, 2.24) is 0 Å². The summed E-state index contributed by atoms with van der Waals surface area (Å²) in [5, 5.41) is 1.52. The zero-order chi connectivity index (χ0) is 14.8. The van der Waals surface area contributed by atoms with E-state index in [0.717, 1.165) is 21.7 Å². The Morgan fingerprint density at radius 2 is 1.35 bits per heavy atom. The van der Waals surface area contributed by atoms with Gasteiger partial charge in [0.1, 0.15) is 0 Å². The molecule has 0 saturated heterocycles. The molecule has 2 rings (SSSR count). The molecule has 2 nitrogen and oxygen atoms in total. The molecule has 0 fully saturated rings. The topological polar surface area (TPSA) is 26.3 Å². The van der Waals surface area contributed by atoms with Crippen molar-refractivity contribution in [3.63, 3.8) is 0 Å². The molecule has 106 valence electrons. The van der Waals surface area contributed by atoms with Crippen molar-refractivity contribution in [3.05, 3.63) is 59.7 Å². The minimum absolute atomic E-state index is 0.0955. The van der Waals surface area contributed by atoms with Crippen LogP contribution in [0.3, 0.4) is 0 Å². The predicted molar refractivity (Wildman–Crippen MR) is 85.5 cm³/mol. The molecular weight excluding hydrogens is 267 g/mol. The summed E-state index contributed by atoms with van der Waals surface area (Å²) < 4.78 is 19.4. The van der Waals surface area contributed by atoms with Crippen LogP contribution < -0.4 is 10.6 Å². The van der Waals surface area contributed by atoms with Gasteiger partial charge in [0.05, 0.1) is 6.10 Å². The summed E-state index contributed by atoms with van der Waals surface area (Å²) in [4.78, 5) is 0. The standard InChI is InChI=1S/C17H21O2P/c1-13(2)19-20(18,16-9-5-7-14(3)11-16)17-10-6-8-15(4)12-17/h5-13H,1-4H3. The quantitative estimate of drug-likeness (QED) is 0.796. The Labute approximate surface area is 121 Å². The molecule has 0 atom stereocenters. The Morgan fingerprint density at radius 3 is 1.70 bits per heavy atom. The van der Waals surface area contributed by atoms with Gasteiger partial charge in [0.2, 0.25) is 0 Å². The van der Waals surface area contributed by atoms with Crippen molar-refractivity contribution in [2.24, 2.45) is 0 Å². The Kier molecular flexibility index (Phi) is 4.47. The lowest BCUT2D eigenvalue weighted by atomic mass is 10.2. The fourth-order valence-electron chi connectivity index (χ4n) is 2.19. The molecule has 0 aliphatic rings. The normalized spacial score (nSPS) is 11.8. The molecule has 0 saturated carbocycles. The van der Waals surface area contributed by atoms with Gasteiger partial charge in [0, 0.05) is 10.6 Å². The van der Waals surface area contributed by atoms with Crippen LogP contribution in [-0.2, 0) is 9.09 Å². The van der Waals surface area contributed by atoms with E-state index in [0.29, 0.717) is 0 Å². The molecule has 0 bridgehead atoms. The van der Waals surface area contributed by atoms with Gasteiger partial charge in [0.25, 0.3) is 7.37 Å². The minimum atomic E-state index is -3.03. The zero-order valence-corrected chi connectivity index (χ0v) is 13.4. The molecule has 3 heteroatoms. The average Bonchev–Trinajstić information content (AvgIpc) is 2.38. The van der Waals surface area contributed by atoms with Gasteiger partial charge < -0.3 is 4.52 Å². The highest BCUT2D eigenvalue weighted by Crippen LogP contribution is 2.46. The van der Waals surface area contributed by atoms with Gasteiger partial charge in [-0.05, 0) is 52.0 Å². The van der Waals surface area contributed by atoms with E-state index < -0.39 is 7.37 Å². The number of benzene rings is 2. The maximum absolute atomic E-state index is 13.5. The zero-order valence-electron chi connectivity index (χ0n) is 12.5. The first-order valence-electron chi connectivity index (χ1n) is 6.85. The molecule has 0 heterocycles. The van der Waals surface area contributed by atoms with Crippen LogP contribution in [0.2, 0.25) is 0 Å². The Balaban J connectivity index is 2.59. The summed E-state index contributed by atoms with van der Waals surface area (Å²) in [6, 6.07) is 15.5. The highest BCUT2D eigenvalue weighted by molar-refractivity contribution is 7.74. The lowest BCUT2D eigenvalue weighted by Gasteiger charge is -2.22. The van der Waals surface area contributed by atoms with E-state index in [2.05, 4.69) is 0 Å². The van der Waals surface area contributed by atoms with Gasteiger partial charge in [-0.1, -0.05) is 35.4 Å². The summed E-state index contributed by atoms with van der Waals surface area (Å²) in [6.07, 6.45) is -0.0955. The molecule has 0 radical (unpaired) electrons. The largest absolute Gasteiger partial charge is 0.319 e. The molecule has 2 aromatic carbocycles. The summed E-state index contributed by atoms with van der Waals surface area (Å²) >= 11 is 0. The van der Waals surface area contributed by atoms with Gasteiger partial charge in [-0.15, -0.1) is 0 Å². The second-order valence-corrected chi connectivity index (χ2v) is 7.73. The number of rotatable bonds is 4. The third-order valence-corrected chi connectivity index (χ3v) is 5.68. The summed E-state index contributed by atoms with van der Waals surface area (Å²) in [6.45, 7) is 7.83. The molecule has 0 N–H and O–H groups in total. The number of hydrogen-bond donors (Lipinski definition) is 0. The van der Waals surface area contributed by atoms with Gasteiger partial charge >= 0.3 is 0 Å². The van der Waals surface area contributed by atoms with Crippen LogP contribution in [0.5, 0.6) is 0 Å². The second kappa shape index (κ2) is 5.95. The van der Waals surface area contributed by atoms with Gasteiger partial charge in [-0.3, -0.25) is 4.57 Å². The minimum Gasteiger partial charge on any atom is -0.319 e. The molecule has 0 unspecified atom stereocenters. The first-order valence-corrected chi connectivity index (χ1v) is 8.47. The lowest BCUT2D eigenvalue weighted by Crippen LogP contribution is -2.21. The molecule has 0 aliphatic carbocycles. The van der Waals surface area contributed by atoms with Gasteiger partial charge in [-0.2, -0.15) is 0 Å². The van der Waals surface area contributed by atoms with Crippen molar-refractivity contribution in [2.75, 3.05) is 0 Å². The van der Waals surface area contributed by atoms with Crippen LogP contribution in [0.1, 0.15) is 25.0 Å². The fourth-order valence-corrected chi connectivity index (χ4v) is 4.64. The monoisotopic (exact) mass is 288 g/mol. The molecule has 0 aliphatic heterocycles. The van der Waals surface area contributed by atoms with E-state index in [-0.39, 0.29) is 6.10 Å². The second-order valence-electron chi connectivity index (χ2n) is 5.38. The van der Waals surface area contributed by atoms with Crippen LogP contribution in [0.15, 0.2) is 48.5 Å². The van der Waals surface area contributed by atoms with Crippen LogP contribution in [0, 0.1) is 13.8 Å². The van der Waals surface area contributed by atoms with Gasteiger partial charge in [-0.25, -0.2) is 0 Å². The third kappa shape index (κ3) is 3.20. The molecule has 0 spiro atoms. The SMILES string of the molecule is Cc1cccc(P(=O)(OC(C)C)c2cccc(C)c2)c1. The number of aryl methyl sites for hydroxylation is 2. The Hall–Kier alpha value is -1.37. The molecule has 2 aromatic rings. The van der Waals surface area contributed by atoms with Crippen molar-refractivity contribution >= 4 is 18.0 Å². The third-order valence-electron chi connectivity index (χ3n) is 3.04. The van der Waals surface area contributed by atoms with E-state index in [4.69, 9.17) is 4.52 Å². The highest BCUT2D eigenvalue weighted by atomic mass is 31.2. The van der Waals surface area contributed by atoms with E-state index >= 15 is 0 Å². The summed E-state index contributed by atoms with van der Waals surface area (Å²) in [7, 11) is -3.03. The fraction of sp³-hybridized carbons (Fsp3) is 0.294. The first kappa shape index (κ1) is 15.0. The van der Waals surface area contributed by atoms with Crippen molar-refractivity contribution in [1.29, 1.82) is 0 Å². The van der Waals surface area contributed by atoms with E-state index in [1.54, 1.807) is 0 Å². The average molecular weight is 288 g/mol. The highest BCUT2D eigenvalue weighted by Gasteiger charge is 2.30.